The summed E-state index contributed by atoms with van der Waals surface area (Å²) in [4.78, 5) is 10.8. The first-order valence-electron chi connectivity index (χ1n) is 6.21. The highest BCUT2D eigenvalue weighted by Crippen LogP contribution is 2.25. The van der Waals surface area contributed by atoms with Crippen LogP contribution in [0.4, 0.5) is 4.39 Å². The Hall–Kier alpha value is -1.62. The fourth-order valence-electron chi connectivity index (χ4n) is 1.89. The minimum atomic E-state index is -1.30. The van der Waals surface area contributed by atoms with E-state index in [0.717, 1.165) is 5.56 Å². The molecule has 2 rings (SSSR count). The van der Waals surface area contributed by atoms with Crippen molar-refractivity contribution in [3.8, 4) is 5.75 Å². The Bertz CT molecular complexity index is 432. The number of carbonyl (C=O) groups excluding carboxylic acids is 1. The minimum Gasteiger partial charge on any atom is -0.491 e. The largest absolute Gasteiger partial charge is 0.491 e. The minimum absolute atomic E-state index is 0.170. The lowest BCUT2D eigenvalue weighted by molar-refractivity contribution is -0.181. The number of alkyl halides is 1. The predicted octanol–water partition coefficient (Wildman–Crippen LogP) is 2.39. The van der Waals surface area contributed by atoms with Crippen LogP contribution >= 0.6 is 0 Å². The highest BCUT2D eigenvalue weighted by Gasteiger charge is 2.38. The van der Waals surface area contributed by atoms with Crippen molar-refractivity contribution in [2.45, 2.75) is 38.8 Å². The van der Waals surface area contributed by atoms with Crippen LogP contribution in [0.25, 0.3) is 0 Å². The van der Waals surface area contributed by atoms with E-state index in [1.54, 1.807) is 0 Å². The second-order valence-electron chi connectivity index (χ2n) is 4.61. The number of benzene rings is 1. The maximum atomic E-state index is 13.5. The van der Waals surface area contributed by atoms with Crippen molar-refractivity contribution in [1.82, 2.24) is 0 Å². The Morgan fingerprint density at radius 1 is 1.42 bits per heavy atom. The van der Waals surface area contributed by atoms with Gasteiger partial charge >= 0.3 is 5.97 Å². The molecule has 0 saturated carbocycles. The second-order valence-corrected chi connectivity index (χ2v) is 4.61. The number of ether oxygens (including phenoxy) is 3. The lowest BCUT2D eigenvalue weighted by Crippen LogP contribution is -2.24. The molecule has 1 aliphatic rings. The van der Waals surface area contributed by atoms with Crippen LogP contribution in [0.2, 0.25) is 0 Å². The summed E-state index contributed by atoms with van der Waals surface area (Å²) in [6, 6.07) is 7.57. The summed E-state index contributed by atoms with van der Waals surface area (Å²) in [7, 11) is 0. The van der Waals surface area contributed by atoms with Crippen LogP contribution in [-0.4, -0.2) is 31.1 Å². The Morgan fingerprint density at radius 2 is 2.11 bits per heavy atom. The van der Waals surface area contributed by atoms with Gasteiger partial charge in [0.1, 0.15) is 12.4 Å². The molecule has 0 unspecified atom stereocenters. The topological polar surface area (TPSA) is 44.8 Å². The highest BCUT2D eigenvalue weighted by molar-refractivity contribution is 5.66. The molecule has 0 amide bonds. The number of rotatable bonds is 4. The van der Waals surface area contributed by atoms with E-state index in [0.29, 0.717) is 5.75 Å². The van der Waals surface area contributed by atoms with E-state index >= 15 is 0 Å². The van der Waals surface area contributed by atoms with Crippen molar-refractivity contribution in [2.75, 3.05) is 6.61 Å². The lowest BCUT2D eigenvalue weighted by Gasteiger charge is -2.14. The third-order valence-corrected chi connectivity index (χ3v) is 2.85. The molecule has 0 radical (unpaired) electrons. The maximum Gasteiger partial charge on any atom is 0.305 e. The standard InChI is InChI=1S/C14H17FO4/c1-9-3-5-11(6-4-9)17-8-12-7-13(15)14(19-12)18-10(2)16/h3-6,12-14H,7-8H2,1-2H3/t12-,13-,14-/m0/s1. The second kappa shape index (κ2) is 6.02. The molecule has 0 bridgehead atoms. The molecule has 1 aromatic carbocycles. The summed E-state index contributed by atoms with van der Waals surface area (Å²) in [5.74, 6) is 0.160. The molecule has 19 heavy (non-hydrogen) atoms. The van der Waals surface area contributed by atoms with Crippen LogP contribution in [0.5, 0.6) is 5.75 Å². The quantitative estimate of drug-likeness (QED) is 0.786. The van der Waals surface area contributed by atoms with Crippen molar-refractivity contribution in [1.29, 1.82) is 0 Å². The lowest BCUT2D eigenvalue weighted by atomic mass is 10.2. The molecule has 1 fully saturated rings. The van der Waals surface area contributed by atoms with Gasteiger partial charge in [0.15, 0.2) is 6.17 Å². The van der Waals surface area contributed by atoms with Crippen LogP contribution in [0, 0.1) is 6.92 Å². The number of carbonyl (C=O) groups is 1. The molecule has 5 heteroatoms. The fourth-order valence-corrected chi connectivity index (χ4v) is 1.89. The molecular formula is C14H17FO4. The first-order chi connectivity index (χ1) is 9.04. The van der Waals surface area contributed by atoms with Crippen LogP contribution in [0.15, 0.2) is 24.3 Å². The molecule has 1 aromatic rings. The fraction of sp³-hybridized carbons (Fsp3) is 0.500. The predicted molar refractivity (Wildman–Crippen MR) is 66.6 cm³/mol. The molecule has 3 atom stereocenters. The van der Waals surface area contributed by atoms with Crippen molar-refractivity contribution >= 4 is 5.97 Å². The van der Waals surface area contributed by atoms with Gasteiger partial charge in [-0.15, -0.1) is 0 Å². The monoisotopic (exact) mass is 268 g/mol. The highest BCUT2D eigenvalue weighted by atomic mass is 19.1. The average Bonchev–Trinajstić information content (AvgIpc) is 2.69. The van der Waals surface area contributed by atoms with Crippen molar-refractivity contribution in [3.05, 3.63) is 29.8 Å². The molecule has 1 heterocycles. The van der Waals surface area contributed by atoms with E-state index in [-0.39, 0.29) is 13.0 Å². The Kier molecular flexibility index (Phi) is 4.37. The molecule has 1 aliphatic heterocycles. The van der Waals surface area contributed by atoms with Gasteiger partial charge in [0.05, 0.1) is 6.10 Å². The molecule has 0 aliphatic carbocycles. The Balaban J connectivity index is 1.81. The van der Waals surface area contributed by atoms with Crippen LogP contribution in [0.1, 0.15) is 18.9 Å². The SMILES string of the molecule is CC(=O)O[C@H]1O[C@H](COc2ccc(C)cc2)C[C@@H]1F. The third-order valence-electron chi connectivity index (χ3n) is 2.85. The molecule has 4 nitrogen and oxygen atoms in total. The van der Waals surface area contributed by atoms with Crippen molar-refractivity contribution in [3.63, 3.8) is 0 Å². The van der Waals surface area contributed by atoms with E-state index in [4.69, 9.17) is 14.2 Å². The van der Waals surface area contributed by atoms with Gasteiger partial charge in [0, 0.05) is 13.3 Å². The molecule has 0 aromatic heterocycles. The third kappa shape index (κ3) is 3.92. The molecule has 0 N–H and O–H groups in total. The zero-order valence-electron chi connectivity index (χ0n) is 11.0. The van der Waals surface area contributed by atoms with Gasteiger partial charge in [-0.25, -0.2) is 4.39 Å². The Labute approximate surface area is 111 Å². The summed E-state index contributed by atoms with van der Waals surface area (Å²) in [5.41, 5.74) is 1.14. The van der Waals surface area contributed by atoms with Crippen LogP contribution in [-0.2, 0) is 14.3 Å². The normalized spacial score (nSPS) is 26.2. The smallest absolute Gasteiger partial charge is 0.305 e. The molecule has 104 valence electrons. The van der Waals surface area contributed by atoms with Gasteiger partial charge in [0.2, 0.25) is 6.29 Å². The molecule has 0 spiro atoms. The van der Waals surface area contributed by atoms with E-state index in [9.17, 15) is 9.18 Å². The first kappa shape index (κ1) is 13.8. The van der Waals surface area contributed by atoms with Gasteiger partial charge in [-0.3, -0.25) is 4.79 Å². The number of hydrogen-bond donors (Lipinski definition) is 0. The van der Waals surface area contributed by atoms with Gasteiger partial charge in [-0.2, -0.15) is 0 Å². The number of aryl methyl sites for hydroxylation is 1. The summed E-state index contributed by atoms with van der Waals surface area (Å²) >= 11 is 0. The Morgan fingerprint density at radius 3 is 2.74 bits per heavy atom. The number of esters is 1. The zero-order valence-corrected chi connectivity index (χ0v) is 11.0. The van der Waals surface area contributed by atoms with E-state index in [1.807, 2.05) is 31.2 Å². The summed E-state index contributed by atoms with van der Waals surface area (Å²) < 4.78 is 29.1. The average molecular weight is 268 g/mol. The van der Waals surface area contributed by atoms with Crippen LogP contribution < -0.4 is 4.74 Å². The summed E-state index contributed by atoms with van der Waals surface area (Å²) in [5, 5.41) is 0. The number of halogens is 1. The van der Waals surface area contributed by atoms with Gasteiger partial charge < -0.3 is 14.2 Å². The van der Waals surface area contributed by atoms with E-state index in [1.165, 1.54) is 6.92 Å². The van der Waals surface area contributed by atoms with E-state index < -0.39 is 24.5 Å². The molecule has 1 saturated heterocycles. The van der Waals surface area contributed by atoms with Crippen molar-refractivity contribution in [2.24, 2.45) is 0 Å². The van der Waals surface area contributed by atoms with Gasteiger partial charge in [-0.1, -0.05) is 17.7 Å². The van der Waals surface area contributed by atoms with E-state index in [2.05, 4.69) is 0 Å². The summed E-state index contributed by atoms with van der Waals surface area (Å²) in [6.07, 6.45) is -2.63. The molecular weight excluding hydrogens is 251 g/mol. The zero-order chi connectivity index (χ0) is 13.8. The van der Waals surface area contributed by atoms with Crippen LogP contribution in [0.3, 0.4) is 0 Å². The number of hydrogen-bond acceptors (Lipinski definition) is 4. The summed E-state index contributed by atoms with van der Waals surface area (Å²) in [6.45, 7) is 3.45. The first-order valence-corrected chi connectivity index (χ1v) is 6.21. The van der Waals surface area contributed by atoms with Gasteiger partial charge in [-0.05, 0) is 19.1 Å². The van der Waals surface area contributed by atoms with Crippen molar-refractivity contribution < 1.29 is 23.4 Å². The maximum absolute atomic E-state index is 13.5. The van der Waals surface area contributed by atoms with Gasteiger partial charge in [0.25, 0.3) is 0 Å².